The molecule has 1 unspecified atom stereocenters. The van der Waals surface area contributed by atoms with Gasteiger partial charge in [0.15, 0.2) is 0 Å². The van der Waals surface area contributed by atoms with E-state index >= 15 is 0 Å². The Morgan fingerprint density at radius 3 is 2.54 bits per heavy atom. The topological polar surface area (TPSA) is 69.7 Å². The quantitative estimate of drug-likeness (QED) is 0.824. The standard InChI is InChI=1S/C17H23F2N3O3S/c18-14-2-3-16(15(19)11-14)26(24,25)22-9-7-21(8-10-22)17(23)4-1-13-5-6-20-12-13/h2-3,11,13,20H,1,4-10,12H2. The fraction of sp³-hybridized carbons (Fsp3) is 0.588. The van der Waals surface area contributed by atoms with Gasteiger partial charge in [-0.05, 0) is 44.0 Å². The van der Waals surface area contributed by atoms with E-state index in [1.54, 1.807) is 4.90 Å². The van der Waals surface area contributed by atoms with Crippen molar-refractivity contribution in [2.24, 2.45) is 5.92 Å². The van der Waals surface area contributed by atoms with Crippen LogP contribution < -0.4 is 5.32 Å². The van der Waals surface area contributed by atoms with Crippen molar-refractivity contribution in [1.29, 1.82) is 0 Å². The van der Waals surface area contributed by atoms with Gasteiger partial charge in [0.25, 0.3) is 0 Å². The van der Waals surface area contributed by atoms with E-state index in [-0.39, 0.29) is 32.1 Å². The largest absolute Gasteiger partial charge is 0.340 e. The Labute approximate surface area is 152 Å². The zero-order valence-electron chi connectivity index (χ0n) is 14.5. The zero-order valence-corrected chi connectivity index (χ0v) is 15.3. The molecule has 9 heteroatoms. The Morgan fingerprint density at radius 1 is 1.19 bits per heavy atom. The zero-order chi connectivity index (χ0) is 18.7. The molecule has 0 aromatic heterocycles. The summed E-state index contributed by atoms with van der Waals surface area (Å²) in [6, 6.07) is 2.42. The predicted octanol–water partition coefficient (Wildman–Crippen LogP) is 1.19. The lowest BCUT2D eigenvalue weighted by molar-refractivity contribution is -0.132. The molecule has 1 aromatic carbocycles. The third kappa shape index (κ3) is 4.21. The van der Waals surface area contributed by atoms with Gasteiger partial charge in [-0.15, -0.1) is 0 Å². The molecule has 144 valence electrons. The molecule has 2 fully saturated rings. The summed E-state index contributed by atoms with van der Waals surface area (Å²) in [6.07, 6.45) is 2.39. The highest BCUT2D eigenvalue weighted by Gasteiger charge is 2.32. The molecular weight excluding hydrogens is 364 g/mol. The Kier molecular flexibility index (Phi) is 5.89. The summed E-state index contributed by atoms with van der Waals surface area (Å²) in [5, 5.41) is 3.27. The number of carbonyl (C=O) groups excluding carboxylic acids is 1. The fourth-order valence-corrected chi connectivity index (χ4v) is 4.92. The van der Waals surface area contributed by atoms with Gasteiger partial charge in [0.2, 0.25) is 15.9 Å². The van der Waals surface area contributed by atoms with E-state index < -0.39 is 26.6 Å². The average Bonchev–Trinajstić information content (AvgIpc) is 3.13. The lowest BCUT2D eigenvalue weighted by Crippen LogP contribution is -2.50. The first-order valence-corrected chi connectivity index (χ1v) is 10.3. The number of rotatable bonds is 5. The lowest BCUT2D eigenvalue weighted by Gasteiger charge is -2.34. The van der Waals surface area contributed by atoms with E-state index in [1.165, 1.54) is 0 Å². The maximum atomic E-state index is 13.8. The Hall–Kier alpha value is -1.58. The van der Waals surface area contributed by atoms with Crippen LogP contribution in [0.5, 0.6) is 0 Å². The monoisotopic (exact) mass is 387 g/mol. The number of nitrogens with zero attached hydrogens (tertiary/aromatic N) is 2. The summed E-state index contributed by atoms with van der Waals surface area (Å²) in [5.41, 5.74) is 0. The Balaban J connectivity index is 1.56. The second-order valence-electron chi connectivity index (χ2n) is 6.76. The molecule has 1 aromatic rings. The molecule has 2 aliphatic rings. The van der Waals surface area contributed by atoms with Gasteiger partial charge in [0.05, 0.1) is 0 Å². The Bertz CT molecular complexity index is 759. The number of amides is 1. The second-order valence-corrected chi connectivity index (χ2v) is 8.66. The summed E-state index contributed by atoms with van der Waals surface area (Å²) >= 11 is 0. The molecule has 1 atom stereocenters. The van der Waals surface area contributed by atoms with Crippen LogP contribution in [-0.4, -0.2) is 62.8 Å². The number of piperazine rings is 1. The van der Waals surface area contributed by atoms with Crippen molar-refractivity contribution in [1.82, 2.24) is 14.5 Å². The smallest absolute Gasteiger partial charge is 0.246 e. The van der Waals surface area contributed by atoms with Crippen molar-refractivity contribution in [3.05, 3.63) is 29.8 Å². The minimum Gasteiger partial charge on any atom is -0.340 e. The highest BCUT2D eigenvalue weighted by Crippen LogP contribution is 2.22. The van der Waals surface area contributed by atoms with Gasteiger partial charge in [0.1, 0.15) is 16.5 Å². The van der Waals surface area contributed by atoms with E-state index in [4.69, 9.17) is 0 Å². The number of hydrogen-bond donors (Lipinski definition) is 1. The first-order chi connectivity index (χ1) is 12.4. The van der Waals surface area contributed by atoms with Crippen LogP contribution in [-0.2, 0) is 14.8 Å². The number of benzene rings is 1. The molecule has 0 spiro atoms. The third-order valence-corrected chi connectivity index (χ3v) is 6.96. The molecule has 2 heterocycles. The average molecular weight is 387 g/mol. The molecule has 0 aliphatic carbocycles. The highest BCUT2D eigenvalue weighted by molar-refractivity contribution is 7.89. The van der Waals surface area contributed by atoms with Crippen LogP contribution in [0.4, 0.5) is 8.78 Å². The van der Waals surface area contributed by atoms with Gasteiger partial charge in [-0.2, -0.15) is 4.31 Å². The molecule has 26 heavy (non-hydrogen) atoms. The van der Waals surface area contributed by atoms with E-state index in [9.17, 15) is 22.0 Å². The molecule has 0 bridgehead atoms. The van der Waals surface area contributed by atoms with Gasteiger partial charge in [-0.3, -0.25) is 4.79 Å². The van der Waals surface area contributed by atoms with E-state index in [0.717, 1.165) is 42.4 Å². The molecule has 1 amide bonds. The normalized spacial score (nSPS) is 21.9. The summed E-state index contributed by atoms with van der Waals surface area (Å²) < 4.78 is 53.1. The number of sulfonamides is 1. The van der Waals surface area contributed by atoms with Crippen molar-refractivity contribution >= 4 is 15.9 Å². The molecular formula is C17H23F2N3O3S. The SMILES string of the molecule is O=C(CCC1CCNC1)N1CCN(S(=O)(=O)c2ccc(F)cc2F)CC1. The number of carbonyl (C=O) groups is 1. The van der Waals surface area contributed by atoms with Crippen LogP contribution >= 0.6 is 0 Å². The number of halogens is 2. The fourth-order valence-electron chi connectivity index (χ4n) is 3.45. The third-order valence-electron chi connectivity index (χ3n) is 5.03. The molecule has 1 N–H and O–H groups in total. The van der Waals surface area contributed by atoms with Crippen LogP contribution in [0.25, 0.3) is 0 Å². The summed E-state index contributed by atoms with van der Waals surface area (Å²) in [5.74, 6) is -1.37. The van der Waals surface area contributed by atoms with Crippen molar-refractivity contribution in [3.63, 3.8) is 0 Å². The summed E-state index contributed by atoms with van der Waals surface area (Å²) in [7, 11) is -4.04. The molecule has 0 radical (unpaired) electrons. The van der Waals surface area contributed by atoms with E-state index in [1.807, 2.05) is 0 Å². The minimum atomic E-state index is -4.04. The van der Waals surface area contributed by atoms with E-state index in [2.05, 4.69) is 5.32 Å². The van der Waals surface area contributed by atoms with E-state index in [0.29, 0.717) is 18.4 Å². The van der Waals surface area contributed by atoms with Gasteiger partial charge >= 0.3 is 0 Å². The van der Waals surface area contributed by atoms with Crippen molar-refractivity contribution in [3.8, 4) is 0 Å². The van der Waals surface area contributed by atoms with Crippen LogP contribution in [0, 0.1) is 17.6 Å². The summed E-state index contributed by atoms with van der Waals surface area (Å²) in [4.78, 5) is 13.4. The summed E-state index contributed by atoms with van der Waals surface area (Å²) in [6.45, 7) is 2.72. The van der Waals surface area contributed by atoms with Crippen LogP contribution in [0.2, 0.25) is 0 Å². The lowest BCUT2D eigenvalue weighted by atomic mass is 10.0. The molecule has 0 saturated carbocycles. The predicted molar refractivity (Wildman–Crippen MR) is 91.9 cm³/mol. The van der Waals surface area contributed by atoms with Gasteiger partial charge in [-0.25, -0.2) is 17.2 Å². The van der Waals surface area contributed by atoms with Crippen LogP contribution in [0.15, 0.2) is 23.1 Å². The molecule has 2 aliphatic heterocycles. The maximum absolute atomic E-state index is 13.8. The Morgan fingerprint density at radius 2 is 1.92 bits per heavy atom. The van der Waals surface area contributed by atoms with Crippen molar-refractivity contribution in [2.45, 2.75) is 24.2 Å². The van der Waals surface area contributed by atoms with Crippen LogP contribution in [0.3, 0.4) is 0 Å². The number of nitrogens with one attached hydrogen (secondary N) is 1. The highest BCUT2D eigenvalue weighted by atomic mass is 32.2. The molecule has 2 saturated heterocycles. The van der Waals surface area contributed by atoms with Crippen molar-refractivity contribution in [2.75, 3.05) is 39.3 Å². The van der Waals surface area contributed by atoms with Crippen LogP contribution in [0.1, 0.15) is 19.3 Å². The van der Waals surface area contributed by atoms with Gasteiger partial charge in [-0.1, -0.05) is 0 Å². The second kappa shape index (κ2) is 7.98. The molecule has 6 nitrogen and oxygen atoms in total. The van der Waals surface area contributed by atoms with Crippen molar-refractivity contribution < 1.29 is 22.0 Å². The minimum absolute atomic E-state index is 0.0295. The first kappa shape index (κ1) is 19.2. The van der Waals surface area contributed by atoms with Gasteiger partial charge in [0, 0.05) is 38.7 Å². The van der Waals surface area contributed by atoms with Gasteiger partial charge < -0.3 is 10.2 Å². The molecule has 3 rings (SSSR count). The number of hydrogen-bond acceptors (Lipinski definition) is 4. The maximum Gasteiger partial charge on any atom is 0.246 e. The first-order valence-electron chi connectivity index (χ1n) is 8.81.